The third-order valence-corrected chi connectivity index (χ3v) is 5.62. The van der Waals surface area contributed by atoms with Crippen LogP contribution in [0.15, 0.2) is 18.2 Å². The normalized spacial score (nSPS) is 28.3. The summed E-state index contributed by atoms with van der Waals surface area (Å²) in [5.74, 6) is -1.39. The highest BCUT2D eigenvalue weighted by atomic mass is 19.4. The van der Waals surface area contributed by atoms with Crippen molar-refractivity contribution in [3.8, 4) is 0 Å². The molecule has 6 nitrogen and oxygen atoms in total. The van der Waals surface area contributed by atoms with Crippen LogP contribution >= 0.6 is 0 Å². The lowest BCUT2D eigenvalue weighted by atomic mass is 9.68. The number of hydrogen-bond acceptors (Lipinski definition) is 4. The first-order valence-corrected chi connectivity index (χ1v) is 8.26. The second-order valence-corrected chi connectivity index (χ2v) is 6.96. The number of barbiturate groups is 1. The van der Waals surface area contributed by atoms with Crippen molar-refractivity contribution in [3.63, 3.8) is 0 Å². The number of alkyl halides is 3. The van der Waals surface area contributed by atoms with Crippen molar-refractivity contribution >= 4 is 23.5 Å². The number of amides is 4. The van der Waals surface area contributed by atoms with Crippen LogP contribution in [0.1, 0.15) is 24.0 Å². The number of carbonyl (C=O) groups is 3. The van der Waals surface area contributed by atoms with Gasteiger partial charge in [-0.25, -0.2) is 4.79 Å². The molecule has 1 N–H and O–H groups in total. The molecule has 4 amide bonds. The van der Waals surface area contributed by atoms with E-state index in [1.54, 1.807) is 0 Å². The van der Waals surface area contributed by atoms with E-state index in [1.165, 1.54) is 13.1 Å². The Labute approximate surface area is 146 Å². The van der Waals surface area contributed by atoms with Crippen LogP contribution in [0.5, 0.6) is 0 Å². The Hall–Kier alpha value is -2.58. The van der Waals surface area contributed by atoms with Crippen LogP contribution in [0.25, 0.3) is 0 Å². The van der Waals surface area contributed by atoms with Gasteiger partial charge in [0.05, 0.1) is 11.6 Å². The van der Waals surface area contributed by atoms with Crippen molar-refractivity contribution in [1.29, 1.82) is 0 Å². The highest BCUT2D eigenvalue weighted by molar-refractivity contribution is 6.20. The molecule has 1 aromatic rings. The molecule has 2 fully saturated rings. The zero-order valence-corrected chi connectivity index (χ0v) is 13.9. The lowest BCUT2D eigenvalue weighted by molar-refractivity contribution is -0.152. The van der Waals surface area contributed by atoms with E-state index in [1.807, 2.05) is 4.90 Å². The average Bonchev–Trinajstić information content (AvgIpc) is 3.07. The van der Waals surface area contributed by atoms with Gasteiger partial charge >= 0.3 is 12.2 Å². The van der Waals surface area contributed by atoms with Crippen molar-refractivity contribution < 1.29 is 27.6 Å². The molecule has 2 saturated heterocycles. The van der Waals surface area contributed by atoms with E-state index >= 15 is 0 Å². The van der Waals surface area contributed by atoms with Gasteiger partial charge in [-0.15, -0.1) is 0 Å². The fourth-order valence-electron chi connectivity index (χ4n) is 4.40. The lowest BCUT2D eigenvalue weighted by Crippen LogP contribution is -2.70. The Kier molecular flexibility index (Phi) is 3.38. The van der Waals surface area contributed by atoms with E-state index in [9.17, 15) is 27.6 Å². The van der Waals surface area contributed by atoms with Crippen LogP contribution in [-0.4, -0.2) is 42.4 Å². The van der Waals surface area contributed by atoms with Gasteiger partial charge in [-0.2, -0.15) is 13.2 Å². The fourth-order valence-corrected chi connectivity index (χ4v) is 4.40. The van der Waals surface area contributed by atoms with E-state index in [-0.39, 0.29) is 6.42 Å². The maximum atomic E-state index is 13.1. The molecule has 26 heavy (non-hydrogen) atoms. The number of anilines is 1. The highest BCUT2D eigenvalue weighted by Crippen LogP contribution is 2.49. The number of imide groups is 2. The molecule has 3 heterocycles. The first-order chi connectivity index (χ1) is 12.2. The molecule has 4 rings (SSSR count). The second-order valence-electron chi connectivity index (χ2n) is 6.96. The summed E-state index contributed by atoms with van der Waals surface area (Å²) >= 11 is 0. The number of fused-ring (bicyclic) bond motifs is 4. The van der Waals surface area contributed by atoms with Gasteiger partial charge in [0.15, 0.2) is 5.41 Å². The molecule has 0 saturated carbocycles. The minimum Gasteiger partial charge on any atom is -0.367 e. The zero-order chi connectivity index (χ0) is 18.9. The summed E-state index contributed by atoms with van der Waals surface area (Å²) in [6.07, 6.45) is -3.40. The van der Waals surface area contributed by atoms with Crippen LogP contribution in [0.4, 0.5) is 23.7 Å². The van der Waals surface area contributed by atoms with Gasteiger partial charge in [0.2, 0.25) is 11.8 Å². The van der Waals surface area contributed by atoms with Crippen LogP contribution in [0.2, 0.25) is 0 Å². The molecular weight excluding hydrogens is 351 g/mol. The summed E-state index contributed by atoms with van der Waals surface area (Å²) < 4.78 is 39.3. The Balaban J connectivity index is 1.88. The average molecular weight is 367 g/mol. The molecule has 138 valence electrons. The van der Waals surface area contributed by atoms with E-state index in [0.717, 1.165) is 17.0 Å². The Morgan fingerprint density at radius 1 is 1.23 bits per heavy atom. The number of nitrogens with one attached hydrogen (secondary N) is 1. The zero-order valence-electron chi connectivity index (χ0n) is 13.9. The van der Waals surface area contributed by atoms with Gasteiger partial charge in [0.25, 0.3) is 0 Å². The molecule has 0 radical (unpaired) electrons. The molecular formula is C17H16F3N3O3. The van der Waals surface area contributed by atoms with Crippen molar-refractivity contribution in [3.05, 3.63) is 29.3 Å². The predicted molar refractivity (Wildman–Crippen MR) is 84.3 cm³/mol. The Morgan fingerprint density at radius 2 is 1.96 bits per heavy atom. The van der Waals surface area contributed by atoms with Crippen molar-refractivity contribution in [2.75, 3.05) is 18.5 Å². The minimum absolute atomic E-state index is 0.157. The topological polar surface area (TPSA) is 69.7 Å². The predicted octanol–water partition coefficient (Wildman–Crippen LogP) is 1.92. The van der Waals surface area contributed by atoms with Crippen molar-refractivity contribution in [2.24, 2.45) is 5.41 Å². The standard InChI is InChI=1S/C17H16F3N3O3/c1-22-14(25)16(13(24)21-15(22)26)8-9-7-10(17(18,19)20)4-5-11(9)23-6-2-3-12(16)23/h4-5,7,12H,2-3,6,8H2,1H3,(H,21,24,26)/t12-,16+/m1/s1. The summed E-state index contributed by atoms with van der Waals surface area (Å²) in [5.41, 5.74) is -1.50. The molecule has 9 heteroatoms. The molecule has 0 unspecified atom stereocenters. The largest absolute Gasteiger partial charge is 0.416 e. The first kappa shape index (κ1) is 16.9. The van der Waals surface area contributed by atoms with Crippen molar-refractivity contribution in [2.45, 2.75) is 31.5 Å². The van der Waals surface area contributed by atoms with Crippen LogP contribution in [0, 0.1) is 5.41 Å². The number of urea groups is 1. The van der Waals surface area contributed by atoms with Crippen molar-refractivity contribution in [1.82, 2.24) is 10.2 Å². The van der Waals surface area contributed by atoms with Crippen LogP contribution in [0.3, 0.4) is 0 Å². The Bertz CT molecular complexity index is 838. The fraction of sp³-hybridized carbons (Fsp3) is 0.471. The molecule has 0 bridgehead atoms. The SMILES string of the molecule is CN1C(=O)NC(=O)[C@@]2(Cc3cc(C(F)(F)F)ccc3N3CCC[C@@H]32)C1=O. The first-order valence-electron chi connectivity index (χ1n) is 8.26. The monoisotopic (exact) mass is 367 g/mol. The van der Waals surface area contributed by atoms with Gasteiger partial charge in [0.1, 0.15) is 0 Å². The van der Waals surface area contributed by atoms with Gasteiger partial charge in [-0.05, 0) is 43.0 Å². The maximum Gasteiger partial charge on any atom is 0.416 e. The lowest BCUT2D eigenvalue weighted by Gasteiger charge is -2.49. The number of carbonyl (C=O) groups excluding carboxylic acids is 3. The maximum absolute atomic E-state index is 13.1. The van der Waals surface area contributed by atoms with Gasteiger partial charge in [0, 0.05) is 19.3 Å². The number of halogens is 3. The smallest absolute Gasteiger partial charge is 0.367 e. The second kappa shape index (κ2) is 5.21. The van der Waals surface area contributed by atoms with Gasteiger partial charge in [-0.1, -0.05) is 0 Å². The number of benzene rings is 1. The van der Waals surface area contributed by atoms with Gasteiger partial charge in [-0.3, -0.25) is 19.8 Å². The van der Waals surface area contributed by atoms with Crippen LogP contribution < -0.4 is 10.2 Å². The van der Waals surface area contributed by atoms with E-state index in [0.29, 0.717) is 30.6 Å². The Morgan fingerprint density at radius 3 is 2.65 bits per heavy atom. The summed E-state index contributed by atoms with van der Waals surface area (Å²) in [5, 5.41) is 2.19. The van der Waals surface area contributed by atoms with E-state index in [2.05, 4.69) is 5.32 Å². The van der Waals surface area contributed by atoms with E-state index in [4.69, 9.17) is 0 Å². The number of nitrogens with zero attached hydrogens (tertiary/aromatic N) is 2. The number of rotatable bonds is 0. The van der Waals surface area contributed by atoms with Crippen LogP contribution in [-0.2, 0) is 22.2 Å². The quantitative estimate of drug-likeness (QED) is 0.712. The molecule has 1 aromatic carbocycles. The number of hydrogen-bond donors (Lipinski definition) is 1. The highest BCUT2D eigenvalue weighted by Gasteiger charge is 2.62. The van der Waals surface area contributed by atoms with Gasteiger partial charge < -0.3 is 4.90 Å². The molecule has 0 aromatic heterocycles. The van der Waals surface area contributed by atoms with E-state index < -0.39 is 41.0 Å². The third kappa shape index (κ3) is 2.09. The summed E-state index contributed by atoms with van der Waals surface area (Å²) in [7, 11) is 1.27. The summed E-state index contributed by atoms with van der Waals surface area (Å²) in [6.45, 7) is 0.545. The third-order valence-electron chi connectivity index (χ3n) is 5.62. The molecule has 0 aliphatic carbocycles. The molecule has 2 atom stereocenters. The molecule has 3 aliphatic rings. The summed E-state index contributed by atoms with van der Waals surface area (Å²) in [6, 6.07) is 2.14. The minimum atomic E-state index is -4.52. The summed E-state index contributed by atoms with van der Waals surface area (Å²) in [4.78, 5) is 40.1. The molecule has 1 spiro atoms. The molecule has 3 aliphatic heterocycles.